The van der Waals surface area contributed by atoms with Crippen LogP contribution in [-0.4, -0.2) is 41.8 Å². The fourth-order valence-corrected chi connectivity index (χ4v) is 4.10. The molecule has 3 aromatic rings. The van der Waals surface area contributed by atoms with Crippen molar-refractivity contribution in [1.82, 2.24) is 15.2 Å². The molecule has 174 valence electrons. The quantitative estimate of drug-likeness (QED) is 0.573. The Morgan fingerprint density at radius 3 is 2.71 bits per heavy atom. The second-order valence-electron chi connectivity index (χ2n) is 8.14. The molecule has 0 saturated carbocycles. The largest absolute Gasteiger partial charge is 0.419 e. The number of ether oxygens (including phenoxy) is 1. The van der Waals surface area contributed by atoms with Crippen molar-refractivity contribution in [2.75, 3.05) is 19.7 Å². The van der Waals surface area contributed by atoms with Crippen LogP contribution in [0.1, 0.15) is 12.0 Å². The van der Waals surface area contributed by atoms with E-state index in [1.54, 1.807) is 31.3 Å². The van der Waals surface area contributed by atoms with E-state index in [1.165, 1.54) is 4.57 Å². The Balaban J connectivity index is 1.55. The highest BCUT2D eigenvalue weighted by Gasteiger charge is 2.35. The molecular formula is C24H22ClN5O4. The molecule has 0 aliphatic carbocycles. The number of nitrogens with one attached hydrogen (secondary N) is 2. The maximum absolute atomic E-state index is 12.7. The van der Waals surface area contributed by atoms with Crippen LogP contribution in [0.3, 0.4) is 0 Å². The molecule has 0 spiro atoms. The first kappa shape index (κ1) is 23.5. The lowest BCUT2D eigenvalue weighted by Gasteiger charge is -2.23. The van der Waals surface area contributed by atoms with Gasteiger partial charge in [-0.1, -0.05) is 35.9 Å². The predicted molar refractivity (Wildman–Crippen MR) is 125 cm³/mol. The Labute approximate surface area is 200 Å². The van der Waals surface area contributed by atoms with Crippen molar-refractivity contribution in [2.45, 2.75) is 24.5 Å². The molecule has 1 fully saturated rings. The highest BCUT2D eigenvalue weighted by atomic mass is 35.5. The van der Waals surface area contributed by atoms with Gasteiger partial charge in [0.15, 0.2) is 5.58 Å². The molecule has 2 heterocycles. The molecule has 2 N–H and O–H groups in total. The number of aromatic nitrogens is 1. The SMILES string of the molecule is Cn1c(=O)oc2c(Cl)cc(-c3ccc(CC(C#N)(C#N)NC(=O)[C@@H]4CNCCCO4)cc3)cc21. The summed E-state index contributed by atoms with van der Waals surface area (Å²) in [6, 6.07) is 14.6. The van der Waals surface area contributed by atoms with Crippen LogP contribution in [0.5, 0.6) is 0 Å². The van der Waals surface area contributed by atoms with Gasteiger partial charge in [-0.25, -0.2) is 4.79 Å². The minimum Gasteiger partial charge on any atom is -0.406 e. The summed E-state index contributed by atoms with van der Waals surface area (Å²) in [6.45, 7) is 1.50. The Morgan fingerprint density at radius 2 is 2.00 bits per heavy atom. The van der Waals surface area contributed by atoms with Crippen molar-refractivity contribution >= 4 is 28.6 Å². The van der Waals surface area contributed by atoms with Crippen LogP contribution in [-0.2, 0) is 23.0 Å². The maximum Gasteiger partial charge on any atom is 0.419 e. The first-order valence-corrected chi connectivity index (χ1v) is 11.1. The number of benzene rings is 2. The van der Waals surface area contributed by atoms with Crippen molar-refractivity contribution in [1.29, 1.82) is 10.5 Å². The highest BCUT2D eigenvalue weighted by Crippen LogP contribution is 2.30. The van der Waals surface area contributed by atoms with Crippen LogP contribution < -0.4 is 16.4 Å². The Bertz CT molecular complexity index is 1340. The third-order valence-electron chi connectivity index (χ3n) is 5.76. The van der Waals surface area contributed by atoms with Crippen molar-refractivity contribution in [2.24, 2.45) is 7.05 Å². The molecule has 10 heteroatoms. The standard InChI is InChI=1S/C24H22ClN5O4/c1-30-19-10-17(9-18(25)21(19)34-23(30)32)16-5-3-15(4-6-16)11-24(13-26,14-27)29-22(31)20-12-28-7-2-8-33-20/h3-6,9-10,20,28H,2,7-8,11-12H2,1H3,(H,29,31)/t20-/m0/s1. The summed E-state index contributed by atoms with van der Waals surface area (Å²) in [5, 5.41) is 25.5. The van der Waals surface area contributed by atoms with Crippen molar-refractivity contribution in [3.8, 4) is 23.3 Å². The molecule has 1 amide bonds. The molecule has 0 bridgehead atoms. The fraction of sp³-hybridized carbons (Fsp3) is 0.333. The van der Waals surface area contributed by atoms with E-state index in [1.807, 2.05) is 24.3 Å². The van der Waals surface area contributed by atoms with Crippen molar-refractivity contribution in [3.05, 3.63) is 57.5 Å². The van der Waals surface area contributed by atoms with Gasteiger partial charge in [0.2, 0.25) is 5.54 Å². The summed E-state index contributed by atoms with van der Waals surface area (Å²) < 4.78 is 12.1. The number of nitrogens with zero attached hydrogens (tertiary/aromatic N) is 3. The second-order valence-corrected chi connectivity index (χ2v) is 8.55. The Kier molecular flexibility index (Phi) is 6.71. The molecule has 1 aliphatic rings. The van der Waals surface area contributed by atoms with Crippen LogP contribution in [0, 0.1) is 22.7 Å². The van der Waals surface area contributed by atoms with Crippen LogP contribution in [0.2, 0.25) is 5.02 Å². The first-order chi connectivity index (χ1) is 16.4. The zero-order valence-electron chi connectivity index (χ0n) is 18.4. The molecule has 0 unspecified atom stereocenters. The van der Waals surface area contributed by atoms with E-state index >= 15 is 0 Å². The van der Waals surface area contributed by atoms with E-state index in [4.69, 9.17) is 20.8 Å². The molecule has 1 saturated heterocycles. The van der Waals surface area contributed by atoms with E-state index < -0.39 is 23.3 Å². The van der Waals surface area contributed by atoms with Gasteiger partial charge in [-0.15, -0.1) is 0 Å². The summed E-state index contributed by atoms with van der Waals surface area (Å²) in [6.07, 6.45) is 0.0270. The van der Waals surface area contributed by atoms with Crippen LogP contribution in [0.25, 0.3) is 22.2 Å². The first-order valence-electron chi connectivity index (χ1n) is 10.7. The van der Waals surface area contributed by atoms with E-state index in [0.29, 0.717) is 34.8 Å². The molecule has 1 atom stereocenters. The van der Waals surface area contributed by atoms with Gasteiger partial charge in [-0.2, -0.15) is 10.5 Å². The smallest absolute Gasteiger partial charge is 0.406 e. The molecule has 1 aromatic heterocycles. The predicted octanol–water partition coefficient (Wildman–Crippen LogP) is 2.28. The number of hydrogen-bond acceptors (Lipinski definition) is 7. The number of halogens is 1. The van der Waals surface area contributed by atoms with E-state index in [-0.39, 0.29) is 6.42 Å². The molecule has 4 rings (SSSR count). The summed E-state index contributed by atoms with van der Waals surface area (Å²) in [4.78, 5) is 24.5. The summed E-state index contributed by atoms with van der Waals surface area (Å²) in [7, 11) is 1.60. The molecule has 9 nitrogen and oxygen atoms in total. The maximum atomic E-state index is 12.7. The summed E-state index contributed by atoms with van der Waals surface area (Å²) >= 11 is 6.30. The Morgan fingerprint density at radius 1 is 1.26 bits per heavy atom. The summed E-state index contributed by atoms with van der Waals surface area (Å²) in [5.41, 5.74) is 1.45. The highest BCUT2D eigenvalue weighted by molar-refractivity contribution is 6.35. The average molecular weight is 480 g/mol. The molecule has 34 heavy (non-hydrogen) atoms. The van der Waals surface area contributed by atoms with Crippen LogP contribution in [0.15, 0.2) is 45.6 Å². The van der Waals surface area contributed by atoms with E-state index in [2.05, 4.69) is 10.6 Å². The number of aryl methyl sites for hydroxylation is 1. The van der Waals surface area contributed by atoms with Gasteiger partial charge >= 0.3 is 5.76 Å². The number of carbonyl (C=O) groups is 1. The fourth-order valence-electron chi connectivity index (χ4n) is 3.85. The lowest BCUT2D eigenvalue weighted by Crippen LogP contribution is -2.53. The third-order valence-corrected chi connectivity index (χ3v) is 6.04. The van der Waals surface area contributed by atoms with Gasteiger partial charge in [0.1, 0.15) is 18.2 Å². The zero-order chi connectivity index (χ0) is 24.3. The normalized spacial score (nSPS) is 16.4. The van der Waals surface area contributed by atoms with Crippen LogP contribution >= 0.6 is 11.6 Å². The number of fused-ring (bicyclic) bond motifs is 1. The van der Waals surface area contributed by atoms with Gasteiger partial charge in [0.05, 0.1) is 10.5 Å². The number of carbonyl (C=O) groups excluding carboxylic acids is 1. The zero-order valence-corrected chi connectivity index (χ0v) is 19.2. The number of rotatable bonds is 5. The van der Waals surface area contributed by atoms with Gasteiger partial charge in [0.25, 0.3) is 5.91 Å². The van der Waals surface area contributed by atoms with E-state index in [0.717, 1.165) is 24.1 Å². The minimum atomic E-state index is -1.73. The lowest BCUT2D eigenvalue weighted by atomic mass is 9.92. The van der Waals surface area contributed by atoms with Gasteiger partial charge in [0, 0.05) is 26.6 Å². The Hall–Kier alpha value is -3.63. The summed E-state index contributed by atoms with van der Waals surface area (Å²) in [5.74, 6) is -0.997. The van der Waals surface area contributed by atoms with Crippen molar-refractivity contribution in [3.63, 3.8) is 0 Å². The molecule has 1 aliphatic heterocycles. The minimum absolute atomic E-state index is 0.00217. The molecule has 2 aromatic carbocycles. The topological polar surface area (TPSA) is 133 Å². The van der Waals surface area contributed by atoms with Gasteiger partial charge < -0.3 is 19.8 Å². The number of oxazole rings is 1. The number of nitriles is 2. The van der Waals surface area contributed by atoms with Gasteiger partial charge in [-0.3, -0.25) is 9.36 Å². The van der Waals surface area contributed by atoms with E-state index in [9.17, 15) is 20.1 Å². The van der Waals surface area contributed by atoms with Crippen molar-refractivity contribution < 1.29 is 13.9 Å². The average Bonchev–Trinajstić information content (AvgIpc) is 3.02. The number of hydrogen-bond donors (Lipinski definition) is 2. The third kappa shape index (κ3) is 4.68. The lowest BCUT2D eigenvalue weighted by molar-refractivity contribution is -0.132. The molecular weight excluding hydrogens is 458 g/mol. The van der Waals surface area contributed by atoms with Gasteiger partial charge in [-0.05, 0) is 41.8 Å². The molecule has 0 radical (unpaired) electrons. The monoisotopic (exact) mass is 479 g/mol. The number of amides is 1. The van der Waals surface area contributed by atoms with Crippen LogP contribution in [0.4, 0.5) is 0 Å². The second kappa shape index (κ2) is 9.70.